The van der Waals surface area contributed by atoms with Crippen LogP contribution in [0, 0.1) is 0 Å². The molecule has 0 spiro atoms. The molecule has 0 radical (unpaired) electrons. The van der Waals surface area contributed by atoms with E-state index in [0.717, 1.165) is 58.8 Å². The number of anilines is 3. The summed E-state index contributed by atoms with van der Waals surface area (Å²) in [5, 5.41) is 13.2. The van der Waals surface area contributed by atoms with E-state index in [2.05, 4.69) is 59.7 Å². The molecule has 9 nitrogen and oxygen atoms in total. The van der Waals surface area contributed by atoms with E-state index in [1.807, 2.05) is 12.4 Å². The number of aromatic nitrogens is 6. The fourth-order valence-corrected chi connectivity index (χ4v) is 6.04. The second-order valence-corrected chi connectivity index (χ2v) is 10.1. The zero-order valence-corrected chi connectivity index (χ0v) is 18.6. The van der Waals surface area contributed by atoms with Crippen molar-refractivity contribution in [3.05, 3.63) is 41.4 Å². The third-order valence-corrected chi connectivity index (χ3v) is 8.00. The van der Waals surface area contributed by atoms with Crippen LogP contribution >= 0.6 is 11.3 Å². The van der Waals surface area contributed by atoms with Crippen LogP contribution in [0.1, 0.15) is 49.7 Å². The van der Waals surface area contributed by atoms with Crippen LogP contribution in [0.4, 0.5) is 17.6 Å². The van der Waals surface area contributed by atoms with Crippen molar-refractivity contribution in [3.63, 3.8) is 0 Å². The van der Waals surface area contributed by atoms with Crippen molar-refractivity contribution in [2.75, 3.05) is 23.3 Å². The molecule has 1 unspecified atom stereocenters. The highest BCUT2D eigenvalue weighted by Gasteiger charge is 2.46. The molecule has 3 atom stereocenters. The van der Waals surface area contributed by atoms with E-state index in [4.69, 9.17) is 9.97 Å². The molecule has 1 saturated carbocycles. The average molecular weight is 448 g/mol. The monoisotopic (exact) mass is 447 g/mol. The van der Waals surface area contributed by atoms with Crippen LogP contribution in [0.2, 0.25) is 0 Å². The number of hydrogen-bond acceptors (Lipinski definition) is 8. The quantitative estimate of drug-likeness (QED) is 0.413. The van der Waals surface area contributed by atoms with Gasteiger partial charge in [0.2, 0.25) is 5.95 Å². The molecule has 3 N–H and O–H groups in total. The SMILES string of the molecule is CC(c1ncc[nH]1)N1C[C@@H]2C[C@H]1CN2c1nc(Nc2cc(C3CC3)n[nH]2)c2sccc2n1. The molecule has 2 bridgehead atoms. The summed E-state index contributed by atoms with van der Waals surface area (Å²) in [5.41, 5.74) is 2.14. The predicted octanol–water partition coefficient (Wildman–Crippen LogP) is 3.78. The molecule has 3 aliphatic rings. The molecular formula is C22H25N9S. The van der Waals surface area contributed by atoms with Crippen molar-refractivity contribution in [1.29, 1.82) is 0 Å². The lowest BCUT2D eigenvalue weighted by Crippen LogP contribution is -2.48. The van der Waals surface area contributed by atoms with Crippen LogP contribution in [0.15, 0.2) is 29.9 Å². The molecule has 32 heavy (non-hydrogen) atoms. The van der Waals surface area contributed by atoms with Crippen LogP contribution in [0.5, 0.6) is 0 Å². The summed E-state index contributed by atoms with van der Waals surface area (Å²) in [5.74, 6) is 4.23. The Hall–Kier alpha value is -2.98. The van der Waals surface area contributed by atoms with E-state index in [9.17, 15) is 0 Å². The molecule has 0 amide bonds. The number of rotatable bonds is 6. The normalized spacial score (nSPS) is 24.0. The highest BCUT2D eigenvalue weighted by molar-refractivity contribution is 7.17. The molecule has 164 valence electrons. The standard InChI is InChI=1S/C22H25N9S/c1-12(20-23-5-6-24-20)30-10-15-8-14(30)11-31(15)22-25-16-4-7-32-19(16)21(27-22)26-18-9-17(28-29-18)13-2-3-13/h4-7,9,12-15H,2-3,8,10-11H2,1H3,(H,23,24)(H2,25,26,27,28,29)/t12?,14-,15-/m0/s1. The van der Waals surface area contributed by atoms with Gasteiger partial charge < -0.3 is 15.2 Å². The first-order valence-corrected chi connectivity index (χ1v) is 12.2. The zero-order valence-electron chi connectivity index (χ0n) is 17.8. The summed E-state index contributed by atoms with van der Waals surface area (Å²) in [6.07, 6.45) is 7.36. The number of thiophene rings is 1. The Labute approximate surface area is 189 Å². The molecular weight excluding hydrogens is 422 g/mol. The maximum atomic E-state index is 4.99. The number of nitrogens with zero attached hydrogens (tertiary/aromatic N) is 6. The summed E-state index contributed by atoms with van der Waals surface area (Å²) < 4.78 is 1.08. The second kappa shape index (κ2) is 7.01. The first kappa shape index (κ1) is 18.6. The zero-order chi connectivity index (χ0) is 21.2. The molecule has 2 aliphatic heterocycles. The topological polar surface area (TPSA) is 102 Å². The number of H-pyrrole nitrogens is 2. The van der Waals surface area contributed by atoms with Crippen LogP contribution < -0.4 is 10.2 Å². The Morgan fingerprint density at radius 3 is 2.94 bits per heavy atom. The Morgan fingerprint density at radius 1 is 1.22 bits per heavy atom. The lowest BCUT2D eigenvalue weighted by Gasteiger charge is -2.37. The molecule has 0 aromatic carbocycles. The van der Waals surface area contributed by atoms with Gasteiger partial charge in [-0.2, -0.15) is 10.1 Å². The summed E-state index contributed by atoms with van der Waals surface area (Å²) in [6.45, 7) is 4.19. The van der Waals surface area contributed by atoms with Gasteiger partial charge in [-0.05, 0) is 37.6 Å². The van der Waals surface area contributed by atoms with Crippen molar-refractivity contribution in [2.24, 2.45) is 0 Å². The van der Waals surface area contributed by atoms with Crippen molar-refractivity contribution in [3.8, 4) is 0 Å². The number of aromatic amines is 2. The number of hydrogen-bond donors (Lipinski definition) is 3. The van der Waals surface area contributed by atoms with Crippen LogP contribution in [-0.2, 0) is 0 Å². The van der Waals surface area contributed by atoms with E-state index in [-0.39, 0.29) is 0 Å². The van der Waals surface area contributed by atoms with Crippen molar-refractivity contribution >= 4 is 39.1 Å². The smallest absolute Gasteiger partial charge is 0.228 e. The molecule has 1 aliphatic carbocycles. The number of nitrogens with one attached hydrogen (secondary N) is 3. The third kappa shape index (κ3) is 3.01. The second-order valence-electron chi connectivity index (χ2n) is 9.16. The van der Waals surface area contributed by atoms with Gasteiger partial charge in [-0.3, -0.25) is 10.00 Å². The van der Waals surface area contributed by atoms with Gasteiger partial charge in [0, 0.05) is 49.6 Å². The molecule has 2 saturated heterocycles. The van der Waals surface area contributed by atoms with Crippen LogP contribution in [-0.4, -0.2) is 60.2 Å². The fourth-order valence-electron chi connectivity index (χ4n) is 5.26. The minimum atomic E-state index is 0.292. The minimum Gasteiger partial charge on any atom is -0.347 e. The van der Waals surface area contributed by atoms with Crippen molar-refractivity contribution in [2.45, 2.75) is 50.2 Å². The molecule has 4 aromatic rings. The third-order valence-electron chi connectivity index (χ3n) is 7.09. The lowest BCUT2D eigenvalue weighted by molar-refractivity contribution is 0.174. The maximum Gasteiger partial charge on any atom is 0.228 e. The lowest BCUT2D eigenvalue weighted by atomic mass is 10.2. The van der Waals surface area contributed by atoms with Gasteiger partial charge in [-0.25, -0.2) is 9.97 Å². The van der Waals surface area contributed by atoms with Gasteiger partial charge in [0.25, 0.3) is 0 Å². The molecule has 4 aromatic heterocycles. The van der Waals surface area contributed by atoms with Gasteiger partial charge >= 0.3 is 0 Å². The molecule has 3 fully saturated rings. The van der Waals surface area contributed by atoms with Gasteiger partial charge in [0.05, 0.1) is 22.0 Å². The summed E-state index contributed by atoms with van der Waals surface area (Å²) in [7, 11) is 0. The molecule has 6 heterocycles. The van der Waals surface area contributed by atoms with Gasteiger partial charge in [-0.1, -0.05) is 0 Å². The summed E-state index contributed by atoms with van der Waals surface area (Å²) >= 11 is 1.67. The largest absolute Gasteiger partial charge is 0.347 e. The van der Waals surface area contributed by atoms with Crippen LogP contribution in [0.3, 0.4) is 0 Å². The Morgan fingerprint density at radius 2 is 2.16 bits per heavy atom. The van der Waals surface area contributed by atoms with E-state index < -0.39 is 0 Å². The van der Waals surface area contributed by atoms with E-state index in [0.29, 0.717) is 24.0 Å². The highest BCUT2D eigenvalue weighted by Crippen LogP contribution is 2.41. The molecule has 10 heteroatoms. The van der Waals surface area contributed by atoms with E-state index in [1.165, 1.54) is 12.8 Å². The van der Waals surface area contributed by atoms with Crippen molar-refractivity contribution < 1.29 is 0 Å². The average Bonchev–Trinajstić information content (AvgIpc) is 3.37. The van der Waals surface area contributed by atoms with Gasteiger partial charge in [0.15, 0.2) is 5.82 Å². The molecule has 7 rings (SSSR count). The predicted molar refractivity (Wildman–Crippen MR) is 125 cm³/mol. The summed E-state index contributed by atoms with van der Waals surface area (Å²) in [4.78, 5) is 22.6. The number of piperazine rings is 1. The van der Waals surface area contributed by atoms with Gasteiger partial charge in [-0.15, -0.1) is 11.3 Å². The first-order valence-electron chi connectivity index (χ1n) is 11.3. The first-order chi connectivity index (χ1) is 15.7. The Kier molecular flexibility index (Phi) is 4.07. The number of fused-ring (bicyclic) bond motifs is 3. The van der Waals surface area contributed by atoms with Gasteiger partial charge in [0.1, 0.15) is 11.6 Å². The number of imidazole rings is 1. The van der Waals surface area contributed by atoms with Crippen molar-refractivity contribution in [1.82, 2.24) is 35.0 Å². The number of likely N-dealkylation sites (tertiary alicyclic amines) is 1. The van der Waals surface area contributed by atoms with Crippen LogP contribution in [0.25, 0.3) is 10.2 Å². The summed E-state index contributed by atoms with van der Waals surface area (Å²) in [6, 6.07) is 5.41. The van der Waals surface area contributed by atoms with E-state index >= 15 is 0 Å². The maximum absolute atomic E-state index is 4.99. The minimum absolute atomic E-state index is 0.292. The highest BCUT2D eigenvalue weighted by atomic mass is 32.1. The van der Waals surface area contributed by atoms with E-state index in [1.54, 1.807) is 11.3 Å². The fraction of sp³-hybridized carbons (Fsp3) is 0.455. The Balaban J connectivity index is 1.15. The Bertz CT molecular complexity index is 1260.